The highest BCUT2D eigenvalue weighted by atomic mass is 16.3. The number of aliphatic hydroxyl groups excluding tert-OH is 1. The molecule has 0 aliphatic carbocycles. The summed E-state index contributed by atoms with van der Waals surface area (Å²) in [6.45, 7) is 0.496. The molecule has 4 heteroatoms. The molecular formula is C19H19N3O. The fraction of sp³-hybridized carbons (Fsp3) is 0.211. The lowest BCUT2D eigenvalue weighted by atomic mass is 10.0. The van der Waals surface area contributed by atoms with Crippen LogP contribution in [0.3, 0.4) is 0 Å². The second-order valence-corrected chi connectivity index (χ2v) is 5.59. The lowest BCUT2D eigenvalue weighted by molar-refractivity contribution is 0.132. The lowest BCUT2D eigenvalue weighted by Gasteiger charge is -2.26. The van der Waals surface area contributed by atoms with Gasteiger partial charge in [0.25, 0.3) is 0 Å². The molecule has 0 saturated heterocycles. The van der Waals surface area contributed by atoms with Gasteiger partial charge in [-0.15, -0.1) is 0 Å². The average Bonchev–Trinajstić information content (AvgIpc) is 2.99. The van der Waals surface area contributed by atoms with Crippen molar-refractivity contribution >= 4 is 10.9 Å². The van der Waals surface area contributed by atoms with Gasteiger partial charge in [-0.05, 0) is 36.9 Å². The molecule has 1 aromatic heterocycles. The fourth-order valence-corrected chi connectivity index (χ4v) is 3.02. The highest BCUT2D eigenvalue weighted by Gasteiger charge is 2.23. The minimum absolute atomic E-state index is 0.186. The molecular weight excluding hydrogens is 286 g/mol. The molecule has 3 aromatic rings. The Morgan fingerprint density at radius 2 is 1.96 bits per heavy atom. The molecule has 2 N–H and O–H groups in total. The summed E-state index contributed by atoms with van der Waals surface area (Å²) in [5.41, 5.74) is 2.70. The third kappa shape index (κ3) is 2.98. The second-order valence-electron chi connectivity index (χ2n) is 5.59. The Hall–Kier alpha value is -2.61. The van der Waals surface area contributed by atoms with Crippen molar-refractivity contribution in [1.82, 2.24) is 9.88 Å². The molecule has 1 heterocycles. The van der Waals surface area contributed by atoms with E-state index in [0.717, 1.165) is 16.5 Å². The third-order valence-corrected chi connectivity index (χ3v) is 4.07. The van der Waals surface area contributed by atoms with Crippen LogP contribution < -0.4 is 5.32 Å². The Morgan fingerprint density at radius 1 is 1.17 bits per heavy atom. The smallest absolute Gasteiger partial charge is 0.0991 e. The summed E-state index contributed by atoms with van der Waals surface area (Å²) in [5.74, 6) is 0. The number of hydrogen-bond acceptors (Lipinski definition) is 3. The number of aliphatic hydroxyl groups is 1. The molecule has 0 amide bonds. The van der Waals surface area contributed by atoms with Crippen LogP contribution >= 0.6 is 0 Å². The first-order chi connectivity index (χ1) is 11.2. The van der Waals surface area contributed by atoms with Crippen LogP contribution in [-0.4, -0.2) is 29.4 Å². The van der Waals surface area contributed by atoms with Gasteiger partial charge in [-0.3, -0.25) is 0 Å². The Balaban J connectivity index is 2.12. The lowest BCUT2D eigenvalue weighted by Crippen LogP contribution is -2.33. The average molecular weight is 305 g/mol. The maximum absolute atomic E-state index is 10.7. The standard InChI is InChI=1S/C19H19N3O/c1-21-13-18(23)19(15-5-3-2-4-6-15)22-10-9-16-11-14(12-20)7-8-17(16)22/h2-11,18-19,21,23H,13H2,1H3. The van der Waals surface area contributed by atoms with Crippen molar-refractivity contribution in [2.45, 2.75) is 12.1 Å². The molecule has 0 aliphatic rings. The summed E-state index contributed by atoms with van der Waals surface area (Å²) in [4.78, 5) is 0. The molecule has 2 unspecified atom stereocenters. The summed E-state index contributed by atoms with van der Waals surface area (Å²) in [7, 11) is 1.83. The summed E-state index contributed by atoms with van der Waals surface area (Å²) in [5, 5.41) is 23.7. The summed E-state index contributed by atoms with van der Waals surface area (Å²) < 4.78 is 2.08. The molecule has 0 spiro atoms. The van der Waals surface area contributed by atoms with E-state index in [0.29, 0.717) is 12.1 Å². The summed E-state index contributed by atoms with van der Waals surface area (Å²) in [6, 6.07) is 19.6. The molecule has 23 heavy (non-hydrogen) atoms. The number of nitrogens with one attached hydrogen (secondary N) is 1. The van der Waals surface area contributed by atoms with E-state index >= 15 is 0 Å². The molecule has 0 aliphatic heterocycles. The fourth-order valence-electron chi connectivity index (χ4n) is 3.02. The van der Waals surface area contributed by atoms with Gasteiger partial charge in [-0.25, -0.2) is 0 Å². The Labute approximate surface area is 135 Å². The first-order valence-electron chi connectivity index (χ1n) is 7.63. The number of fused-ring (bicyclic) bond motifs is 1. The molecule has 0 fully saturated rings. The van der Waals surface area contributed by atoms with Gasteiger partial charge in [-0.2, -0.15) is 5.26 Å². The van der Waals surface area contributed by atoms with Crippen LogP contribution in [0.1, 0.15) is 17.2 Å². The first-order valence-corrected chi connectivity index (χ1v) is 7.63. The van der Waals surface area contributed by atoms with Crippen molar-refractivity contribution in [3.8, 4) is 6.07 Å². The highest BCUT2D eigenvalue weighted by molar-refractivity contribution is 5.82. The van der Waals surface area contributed by atoms with Gasteiger partial charge in [0.2, 0.25) is 0 Å². The topological polar surface area (TPSA) is 61.0 Å². The van der Waals surface area contributed by atoms with Crippen molar-refractivity contribution in [3.05, 3.63) is 71.9 Å². The Morgan fingerprint density at radius 3 is 2.65 bits per heavy atom. The zero-order chi connectivity index (χ0) is 16.2. The summed E-state index contributed by atoms with van der Waals surface area (Å²) >= 11 is 0. The molecule has 0 radical (unpaired) electrons. The van der Waals surface area contributed by atoms with E-state index in [1.807, 2.05) is 67.8 Å². The maximum atomic E-state index is 10.7. The highest BCUT2D eigenvalue weighted by Crippen LogP contribution is 2.28. The van der Waals surface area contributed by atoms with Crippen molar-refractivity contribution in [2.24, 2.45) is 0 Å². The van der Waals surface area contributed by atoms with E-state index < -0.39 is 6.10 Å². The van der Waals surface area contributed by atoms with Crippen LogP contribution in [0, 0.1) is 11.3 Å². The van der Waals surface area contributed by atoms with E-state index in [9.17, 15) is 5.11 Å². The van der Waals surface area contributed by atoms with Gasteiger partial charge < -0.3 is 15.0 Å². The number of rotatable bonds is 5. The minimum Gasteiger partial charge on any atom is -0.389 e. The van der Waals surface area contributed by atoms with Crippen molar-refractivity contribution < 1.29 is 5.11 Å². The molecule has 0 bridgehead atoms. The molecule has 3 rings (SSSR count). The summed E-state index contributed by atoms with van der Waals surface area (Å²) in [6.07, 6.45) is 1.41. The van der Waals surface area contributed by atoms with Crippen LogP contribution in [0.25, 0.3) is 10.9 Å². The SMILES string of the molecule is CNCC(O)C(c1ccccc1)n1ccc2cc(C#N)ccc21. The van der Waals surface area contributed by atoms with Gasteiger partial charge in [0, 0.05) is 23.6 Å². The van der Waals surface area contributed by atoms with E-state index in [1.165, 1.54) is 0 Å². The molecule has 4 nitrogen and oxygen atoms in total. The van der Waals surface area contributed by atoms with Gasteiger partial charge in [0.1, 0.15) is 0 Å². The van der Waals surface area contributed by atoms with Crippen LogP contribution in [0.5, 0.6) is 0 Å². The molecule has 116 valence electrons. The third-order valence-electron chi connectivity index (χ3n) is 4.07. The van der Waals surface area contributed by atoms with Gasteiger partial charge >= 0.3 is 0 Å². The zero-order valence-corrected chi connectivity index (χ0v) is 13.0. The molecule has 0 saturated carbocycles. The predicted molar refractivity (Wildman–Crippen MR) is 91.2 cm³/mol. The molecule has 2 aromatic carbocycles. The van der Waals surface area contributed by atoms with Gasteiger partial charge in [0.05, 0.1) is 23.8 Å². The predicted octanol–water partition coefficient (Wildman–Crippen LogP) is 2.68. The largest absolute Gasteiger partial charge is 0.389 e. The number of likely N-dealkylation sites (N-methyl/N-ethyl adjacent to an activating group) is 1. The van der Waals surface area contributed by atoms with Gasteiger partial charge in [-0.1, -0.05) is 30.3 Å². The minimum atomic E-state index is -0.561. The van der Waals surface area contributed by atoms with E-state index in [-0.39, 0.29) is 6.04 Å². The van der Waals surface area contributed by atoms with E-state index in [1.54, 1.807) is 0 Å². The number of hydrogen-bond donors (Lipinski definition) is 2. The normalized spacial score (nSPS) is 13.6. The number of benzene rings is 2. The van der Waals surface area contributed by atoms with Crippen LogP contribution in [0.15, 0.2) is 60.8 Å². The Kier molecular flexibility index (Phi) is 4.42. The number of nitriles is 1. The van der Waals surface area contributed by atoms with Crippen LogP contribution in [0.4, 0.5) is 0 Å². The van der Waals surface area contributed by atoms with Crippen LogP contribution in [0.2, 0.25) is 0 Å². The van der Waals surface area contributed by atoms with E-state index in [4.69, 9.17) is 5.26 Å². The van der Waals surface area contributed by atoms with Gasteiger partial charge in [0.15, 0.2) is 0 Å². The Bertz CT molecular complexity index is 833. The first kappa shape index (κ1) is 15.3. The van der Waals surface area contributed by atoms with Crippen molar-refractivity contribution in [1.29, 1.82) is 5.26 Å². The quantitative estimate of drug-likeness (QED) is 0.762. The van der Waals surface area contributed by atoms with E-state index in [2.05, 4.69) is 16.0 Å². The second kappa shape index (κ2) is 6.66. The van der Waals surface area contributed by atoms with Crippen LogP contribution in [-0.2, 0) is 0 Å². The number of aromatic nitrogens is 1. The number of nitrogens with zero attached hydrogens (tertiary/aromatic N) is 2. The zero-order valence-electron chi connectivity index (χ0n) is 13.0. The monoisotopic (exact) mass is 305 g/mol. The molecule has 2 atom stereocenters. The van der Waals surface area contributed by atoms with Crippen molar-refractivity contribution in [3.63, 3.8) is 0 Å². The van der Waals surface area contributed by atoms with Crippen molar-refractivity contribution in [2.75, 3.05) is 13.6 Å². The maximum Gasteiger partial charge on any atom is 0.0991 e.